The van der Waals surface area contributed by atoms with Crippen molar-refractivity contribution in [2.45, 2.75) is 0 Å². The number of halogens is 2. The van der Waals surface area contributed by atoms with Gasteiger partial charge in [0, 0.05) is 18.8 Å². The number of hydrogen-bond acceptors (Lipinski definition) is 2. The van der Waals surface area contributed by atoms with Gasteiger partial charge in [0.1, 0.15) is 0 Å². The van der Waals surface area contributed by atoms with E-state index in [4.69, 9.17) is 28.9 Å². The van der Waals surface area contributed by atoms with Gasteiger partial charge in [-0.25, -0.2) is 4.98 Å². The lowest BCUT2D eigenvalue weighted by Crippen LogP contribution is -1.94. The Balaban J connectivity index is 2.49. The molecule has 0 bridgehead atoms. The Morgan fingerprint density at radius 3 is 2.53 bits per heavy atom. The van der Waals surface area contributed by atoms with E-state index >= 15 is 0 Å². The second-order valence-electron chi connectivity index (χ2n) is 3.22. The molecule has 0 saturated carbocycles. The highest BCUT2D eigenvalue weighted by atomic mass is 35.5. The van der Waals surface area contributed by atoms with Crippen LogP contribution in [-0.2, 0) is 7.05 Å². The van der Waals surface area contributed by atoms with Gasteiger partial charge in [0.25, 0.3) is 0 Å². The first-order chi connectivity index (χ1) is 7.08. The van der Waals surface area contributed by atoms with Crippen LogP contribution in [0.25, 0.3) is 11.3 Å². The Kier molecular flexibility index (Phi) is 2.59. The minimum atomic E-state index is 0.469. The molecule has 0 spiro atoms. The van der Waals surface area contributed by atoms with Crippen LogP contribution in [-0.4, -0.2) is 9.55 Å². The van der Waals surface area contributed by atoms with Crippen molar-refractivity contribution in [1.29, 1.82) is 0 Å². The minimum absolute atomic E-state index is 0.469. The first kappa shape index (κ1) is 10.3. The molecule has 15 heavy (non-hydrogen) atoms. The van der Waals surface area contributed by atoms with Crippen molar-refractivity contribution < 1.29 is 0 Å². The molecule has 0 atom stereocenters. The third-order valence-corrected chi connectivity index (χ3v) is 2.87. The highest BCUT2D eigenvalue weighted by Crippen LogP contribution is 2.28. The molecule has 0 radical (unpaired) electrons. The summed E-state index contributed by atoms with van der Waals surface area (Å²) in [7, 11) is 1.84. The number of nitrogen functional groups attached to an aromatic ring is 1. The Morgan fingerprint density at radius 2 is 2.00 bits per heavy atom. The molecule has 0 saturated heterocycles. The molecule has 0 aliphatic rings. The average molecular weight is 242 g/mol. The van der Waals surface area contributed by atoms with Crippen molar-refractivity contribution in [3.8, 4) is 11.3 Å². The maximum Gasteiger partial charge on any atom is 0.200 e. The summed E-state index contributed by atoms with van der Waals surface area (Å²) in [5, 5.41) is 1.04. The zero-order valence-electron chi connectivity index (χ0n) is 8.04. The molecule has 5 heteroatoms. The van der Waals surface area contributed by atoms with Gasteiger partial charge in [-0.15, -0.1) is 0 Å². The van der Waals surface area contributed by atoms with Crippen LogP contribution in [0.3, 0.4) is 0 Å². The van der Waals surface area contributed by atoms with Crippen molar-refractivity contribution in [3.63, 3.8) is 0 Å². The van der Waals surface area contributed by atoms with Crippen LogP contribution in [0, 0.1) is 0 Å². The lowest BCUT2D eigenvalue weighted by Gasteiger charge is -1.98. The molecular weight excluding hydrogens is 233 g/mol. The van der Waals surface area contributed by atoms with E-state index in [-0.39, 0.29) is 0 Å². The molecule has 1 heterocycles. The predicted octanol–water partition coefficient (Wildman–Crippen LogP) is 2.98. The van der Waals surface area contributed by atoms with Crippen molar-refractivity contribution in [1.82, 2.24) is 9.55 Å². The summed E-state index contributed by atoms with van der Waals surface area (Å²) in [6.45, 7) is 0. The number of hydrogen-bond donors (Lipinski definition) is 1. The van der Waals surface area contributed by atoms with E-state index in [9.17, 15) is 0 Å². The fourth-order valence-corrected chi connectivity index (χ4v) is 1.57. The maximum absolute atomic E-state index is 5.91. The molecule has 2 N–H and O–H groups in total. The number of anilines is 1. The van der Waals surface area contributed by atoms with Gasteiger partial charge in [0.2, 0.25) is 0 Å². The van der Waals surface area contributed by atoms with Gasteiger partial charge in [-0.1, -0.05) is 29.3 Å². The molecule has 2 aromatic rings. The molecule has 0 aliphatic heterocycles. The van der Waals surface area contributed by atoms with E-state index < -0.39 is 0 Å². The highest BCUT2D eigenvalue weighted by molar-refractivity contribution is 6.42. The van der Waals surface area contributed by atoms with Gasteiger partial charge in [-0.2, -0.15) is 0 Å². The Bertz CT molecular complexity index is 486. The van der Waals surface area contributed by atoms with Crippen LogP contribution < -0.4 is 5.73 Å². The molecule has 1 aromatic carbocycles. The van der Waals surface area contributed by atoms with Gasteiger partial charge in [0.05, 0.1) is 15.7 Å². The standard InChI is InChI=1S/C10H9Cl2N3/c1-15-5-9(14-10(15)13)6-2-3-7(11)8(12)4-6/h2-5H,1H3,(H2,13,14). The van der Waals surface area contributed by atoms with Crippen molar-refractivity contribution >= 4 is 29.2 Å². The van der Waals surface area contributed by atoms with E-state index in [1.54, 1.807) is 16.7 Å². The van der Waals surface area contributed by atoms with E-state index in [0.29, 0.717) is 16.0 Å². The second-order valence-corrected chi connectivity index (χ2v) is 4.04. The van der Waals surface area contributed by atoms with E-state index in [1.807, 2.05) is 19.3 Å². The smallest absolute Gasteiger partial charge is 0.200 e. The number of aryl methyl sites for hydroxylation is 1. The number of rotatable bonds is 1. The van der Waals surface area contributed by atoms with Crippen LogP contribution in [0.5, 0.6) is 0 Å². The maximum atomic E-state index is 5.91. The third kappa shape index (κ3) is 1.94. The van der Waals surface area contributed by atoms with Crippen LogP contribution >= 0.6 is 23.2 Å². The summed E-state index contributed by atoms with van der Waals surface area (Å²) >= 11 is 11.7. The van der Waals surface area contributed by atoms with Crippen LogP contribution in [0.15, 0.2) is 24.4 Å². The van der Waals surface area contributed by atoms with Crippen LogP contribution in [0.4, 0.5) is 5.95 Å². The molecule has 2 rings (SSSR count). The topological polar surface area (TPSA) is 43.8 Å². The normalized spacial score (nSPS) is 10.6. The molecule has 1 aromatic heterocycles. The molecule has 0 aliphatic carbocycles. The zero-order chi connectivity index (χ0) is 11.0. The lowest BCUT2D eigenvalue weighted by atomic mass is 10.2. The predicted molar refractivity (Wildman–Crippen MR) is 63.1 cm³/mol. The van der Waals surface area contributed by atoms with Gasteiger partial charge in [-0.3, -0.25) is 0 Å². The molecule has 0 fully saturated rings. The lowest BCUT2D eigenvalue weighted by molar-refractivity contribution is 0.930. The highest BCUT2D eigenvalue weighted by Gasteiger charge is 2.06. The summed E-state index contributed by atoms with van der Waals surface area (Å²) in [5.41, 5.74) is 7.32. The van der Waals surface area contributed by atoms with Crippen LogP contribution in [0.2, 0.25) is 10.0 Å². The summed E-state index contributed by atoms with van der Waals surface area (Å²) in [4.78, 5) is 4.19. The number of nitrogens with two attached hydrogens (primary N) is 1. The van der Waals surface area contributed by atoms with Gasteiger partial charge in [-0.05, 0) is 12.1 Å². The largest absolute Gasteiger partial charge is 0.369 e. The van der Waals surface area contributed by atoms with Crippen molar-refractivity contribution in [2.24, 2.45) is 7.05 Å². The van der Waals surface area contributed by atoms with Crippen LogP contribution in [0.1, 0.15) is 0 Å². The van der Waals surface area contributed by atoms with E-state index in [1.165, 1.54) is 0 Å². The minimum Gasteiger partial charge on any atom is -0.369 e. The average Bonchev–Trinajstić information content (AvgIpc) is 2.52. The molecule has 78 valence electrons. The van der Waals surface area contributed by atoms with Gasteiger partial charge in [0.15, 0.2) is 5.95 Å². The molecule has 3 nitrogen and oxygen atoms in total. The summed E-state index contributed by atoms with van der Waals surface area (Å²) in [5.74, 6) is 0.469. The quantitative estimate of drug-likeness (QED) is 0.835. The van der Waals surface area contributed by atoms with Gasteiger partial charge < -0.3 is 10.3 Å². The molecule has 0 unspecified atom stereocenters. The van der Waals surface area contributed by atoms with E-state index in [0.717, 1.165) is 11.3 Å². The fourth-order valence-electron chi connectivity index (χ4n) is 1.28. The number of imidazole rings is 1. The summed E-state index contributed by atoms with van der Waals surface area (Å²) < 4.78 is 1.75. The van der Waals surface area contributed by atoms with Crippen molar-refractivity contribution in [2.75, 3.05) is 5.73 Å². The fraction of sp³-hybridized carbons (Fsp3) is 0.100. The Hall–Kier alpha value is -1.19. The molecular formula is C10H9Cl2N3. The summed E-state index contributed by atoms with van der Waals surface area (Å²) in [6.07, 6.45) is 1.84. The SMILES string of the molecule is Cn1cc(-c2ccc(Cl)c(Cl)c2)nc1N. The Labute approximate surface area is 97.4 Å². The molecule has 0 amide bonds. The Morgan fingerprint density at radius 1 is 1.27 bits per heavy atom. The zero-order valence-corrected chi connectivity index (χ0v) is 9.55. The first-order valence-corrected chi connectivity index (χ1v) is 5.08. The monoisotopic (exact) mass is 241 g/mol. The number of aromatic nitrogens is 2. The number of benzene rings is 1. The van der Waals surface area contributed by atoms with E-state index in [2.05, 4.69) is 4.98 Å². The third-order valence-electron chi connectivity index (χ3n) is 2.13. The number of nitrogens with zero attached hydrogens (tertiary/aromatic N) is 2. The summed E-state index contributed by atoms with van der Waals surface area (Å²) in [6, 6.07) is 5.37. The first-order valence-electron chi connectivity index (χ1n) is 4.32. The van der Waals surface area contributed by atoms with Gasteiger partial charge >= 0.3 is 0 Å². The van der Waals surface area contributed by atoms with Crippen molar-refractivity contribution in [3.05, 3.63) is 34.4 Å². The second kappa shape index (κ2) is 3.76.